The number of fused-ring (bicyclic) bond motifs is 1. The highest BCUT2D eigenvalue weighted by molar-refractivity contribution is 6.30. The second-order valence-electron chi connectivity index (χ2n) is 4.74. The summed E-state index contributed by atoms with van der Waals surface area (Å²) in [7, 11) is 0. The van der Waals surface area contributed by atoms with E-state index >= 15 is 0 Å². The van der Waals surface area contributed by atoms with Crippen LogP contribution < -0.4 is 0 Å². The molecular formula is C16H12ClFN2. The molecule has 0 spiro atoms. The molecule has 0 aliphatic heterocycles. The number of pyridine rings is 2. The molecule has 0 amide bonds. The fraction of sp³-hybridized carbons (Fsp3) is 0.125. The molecule has 2 nitrogen and oxygen atoms in total. The maximum atomic E-state index is 14.1. The van der Waals surface area contributed by atoms with Gasteiger partial charge in [-0.25, -0.2) is 4.39 Å². The van der Waals surface area contributed by atoms with Crippen molar-refractivity contribution in [2.45, 2.75) is 13.8 Å². The zero-order valence-corrected chi connectivity index (χ0v) is 11.9. The van der Waals surface area contributed by atoms with Crippen LogP contribution >= 0.6 is 11.6 Å². The van der Waals surface area contributed by atoms with Crippen LogP contribution in [0.25, 0.3) is 22.2 Å². The smallest absolute Gasteiger partial charge is 0.134 e. The number of aryl methyl sites for hydroxylation is 2. The molecule has 1 aromatic carbocycles. The van der Waals surface area contributed by atoms with Crippen molar-refractivity contribution in [3.8, 4) is 11.3 Å². The Bertz CT molecular complexity index is 815. The number of hydrogen-bond donors (Lipinski definition) is 0. The van der Waals surface area contributed by atoms with Gasteiger partial charge in [0.25, 0.3) is 0 Å². The molecule has 0 saturated carbocycles. The van der Waals surface area contributed by atoms with Crippen LogP contribution in [0.3, 0.4) is 0 Å². The van der Waals surface area contributed by atoms with Gasteiger partial charge in [-0.05, 0) is 49.7 Å². The average Bonchev–Trinajstić information content (AvgIpc) is 2.40. The molecule has 0 saturated heterocycles. The van der Waals surface area contributed by atoms with Crippen LogP contribution in [0.5, 0.6) is 0 Å². The van der Waals surface area contributed by atoms with Gasteiger partial charge in [0.15, 0.2) is 0 Å². The van der Waals surface area contributed by atoms with Crippen LogP contribution in [-0.4, -0.2) is 9.97 Å². The van der Waals surface area contributed by atoms with Crippen molar-refractivity contribution in [1.29, 1.82) is 0 Å². The normalized spacial score (nSPS) is 11.0. The van der Waals surface area contributed by atoms with E-state index in [1.165, 1.54) is 6.07 Å². The van der Waals surface area contributed by atoms with E-state index in [9.17, 15) is 4.39 Å². The van der Waals surface area contributed by atoms with Gasteiger partial charge in [-0.3, -0.25) is 9.97 Å². The Kier molecular flexibility index (Phi) is 3.14. The van der Waals surface area contributed by atoms with Gasteiger partial charge in [0.1, 0.15) is 5.82 Å². The molecule has 2 heterocycles. The molecule has 0 bridgehead atoms. The maximum Gasteiger partial charge on any atom is 0.134 e. The van der Waals surface area contributed by atoms with Gasteiger partial charge in [0, 0.05) is 27.9 Å². The lowest BCUT2D eigenvalue weighted by Gasteiger charge is -2.09. The van der Waals surface area contributed by atoms with Gasteiger partial charge in [0.05, 0.1) is 11.2 Å². The van der Waals surface area contributed by atoms with Crippen LogP contribution in [0.1, 0.15) is 11.3 Å². The van der Waals surface area contributed by atoms with Crippen LogP contribution in [0, 0.1) is 19.7 Å². The Hall–Kier alpha value is -2.00. The van der Waals surface area contributed by atoms with Crippen molar-refractivity contribution in [2.24, 2.45) is 0 Å². The Morgan fingerprint density at radius 3 is 2.65 bits per heavy atom. The molecule has 20 heavy (non-hydrogen) atoms. The molecule has 0 radical (unpaired) electrons. The molecule has 4 heteroatoms. The monoisotopic (exact) mass is 286 g/mol. The summed E-state index contributed by atoms with van der Waals surface area (Å²) in [5.41, 5.74) is 3.86. The molecule has 0 aliphatic rings. The van der Waals surface area contributed by atoms with Crippen LogP contribution in [0.4, 0.5) is 4.39 Å². The molecule has 100 valence electrons. The third-order valence-corrected chi connectivity index (χ3v) is 3.61. The van der Waals surface area contributed by atoms with Crippen molar-refractivity contribution in [1.82, 2.24) is 9.97 Å². The van der Waals surface area contributed by atoms with Gasteiger partial charge in [-0.1, -0.05) is 11.6 Å². The third-order valence-electron chi connectivity index (χ3n) is 3.37. The predicted octanol–water partition coefficient (Wildman–Crippen LogP) is 4.71. The molecule has 0 aliphatic carbocycles. The first-order valence-electron chi connectivity index (χ1n) is 6.24. The summed E-state index contributed by atoms with van der Waals surface area (Å²) in [6, 6.07) is 8.43. The van der Waals surface area contributed by atoms with Crippen molar-refractivity contribution in [3.05, 3.63) is 58.6 Å². The second-order valence-corrected chi connectivity index (χ2v) is 5.18. The topological polar surface area (TPSA) is 25.8 Å². The summed E-state index contributed by atoms with van der Waals surface area (Å²) in [5, 5.41) is 1.22. The van der Waals surface area contributed by atoms with Crippen LogP contribution in [0.15, 0.2) is 36.5 Å². The lowest BCUT2D eigenvalue weighted by Crippen LogP contribution is -1.94. The van der Waals surface area contributed by atoms with Gasteiger partial charge in [-0.2, -0.15) is 0 Å². The SMILES string of the molecule is Cc1cc2c(-c3ccc(Cl)cc3F)nccc2nc1C. The molecule has 0 unspecified atom stereocenters. The first kappa shape index (κ1) is 13.0. The van der Waals surface area contributed by atoms with Crippen molar-refractivity contribution >= 4 is 22.5 Å². The van der Waals surface area contributed by atoms with Gasteiger partial charge in [0.2, 0.25) is 0 Å². The molecular weight excluding hydrogens is 275 g/mol. The van der Waals surface area contributed by atoms with Crippen molar-refractivity contribution < 1.29 is 4.39 Å². The van der Waals surface area contributed by atoms with E-state index in [1.54, 1.807) is 18.3 Å². The summed E-state index contributed by atoms with van der Waals surface area (Å²) in [5.74, 6) is -0.379. The van der Waals surface area contributed by atoms with E-state index in [0.717, 1.165) is 22.2 Å². The van der Waals surface area contributed by atoms with E-state index in [4.69, 9.17) is 11.6 Å². The second kappa shape index (κ2) is 4.84. The van der Waals surface area contributed by atoms with Gasteiger partial charge < -0.3 is 0 Å². The van der Waals surface area contributed by atoms with Crippen molar-refractivity contribution in [2.75, 3.05) is 0 Å². The zero-order valence-electron chi connectivity index (χ0n) is 11.1. The van der Waals surface area contributed by atoms with E-state index in [1.807, 2.05) is 26.0 Å². The largest absolute Gasteiger partial charge is 0.255 e. The first-order valence-corrected chi connectivity index (χ1v) is 6.62. The minimum Gasteiger partial charge on any atom is -0.255 e. The van der Waals surface area contributed by atoms with E-state index in [0.29, 0.717) is 16.3 Å². The van der Waals surface area contributed by atoms with Crippen molar-refractivity contribution in [3.63, 3.8) is 0 Å². The Morgan fingerprint density at radius 1 is 1.10 bits per heavy atom. The van der Waals surface area contributed by atoms with Gasteiger partial charge in [-0.15, -0.1) is 0 Å². The average molecular weight is 287 g/mol. The van der Waals surface area contributed by atoms with E-state index in [-0.39, 0.29) is 5.82 Å². The fourth-order valence-electron chi connectivity index (χ4n) is 2.19. The summed E-state index contributed by atoms with van der Waals surface area (Å²) in [6.45, 7) is 3.94. The molecule has 2 aromatic heterocycles. The predicted molar refractivity (Wildman–Crippen MR) is 79.4 cm³/mol. The minimum atomic E-state index is -0.379. The van der Waals surface area contributed by atoms with Crippen LogP contribution in [0.2, 0.25) is 5.02 Å². The quantitative estimate of drug-likeness (QED) is 0.647. The highest BCUT2D eigenvalue weighted by Crippen LogP contribution is 2.30. The number of halogens is 2. The summed E-state index contributed by atoms with van der Waals surface area (Å²) < 4.78 is 14.1. The zero-order chi connectivity index (χ0) is 14.3. The summed E-state index contributed by atoms with van der Waals surface area (Å²) in [6.07, 6.45) is 1.65. The number of nitrogens with zero attached hydrogens (tertiary/aromatic N) is 2. The molecule has 0 atom stereocenters. The van der Waals surface area contributed by atoms with Gasteiger partial charge >= 0.3 is 0 Å². The number of rotatable bonds is 1. The highest BCUT2D eigenvalue weighted by atomic mass is 35.5. The molecule has 3 aromatic rings. The molecule has 0 fully saturated rings. The Balaban J connectivity index is 2.33. The Labute approximate surface area is 121 Å². The fourth-order valence-corrected chi connectivity index (χ4v) is 2.35. The summed E-state index contributed by atoms with van der Waals surface area (Å²) in [4.78, 5) is 8.84. The molecule has 3 rings (SSSR count). The minimum absolute atomic E-state index is 0.372. The molecule has 0 N–H and O–H groups in total. The highest BCUT2D eigenvalue weighted by Gasteiger charge is 2.12. The maximum absolute atomic E-state index is 14.1. The number of benzene rings is 1. The Morgan fingerprint density at radius 2 is 1.90 bits per heavy atom. The lowest BCUT2D eigenvalue weighted by molar-refractivity contribution is 0.631. The first-order chi connectivity index (χ1) is 9.56. The number of aromatic nitrogens is 2. The third kappa shape index (κ3) is 2.14. The summed E-state index contributed by atoms with van der Waals surface area (Å²) >= 11 is 5.80. The van der Waals surface area contributed by atoms with E-state index < -0.39 is 0 Å². The van der Waals surface area contributed by atoms with E-state index in [2.05, 4.69) is 9.97 Å². The van der Waals surface area contributed by atoms with Crippen LogP contribution in [-0.2, 0) is 0 Å². The lowest BCUT2D eigenvalue weighted by atomic mass is 10.0. The number of hydrogen-bond acceptors (Lipinski definition) is 2. The standard InChI is InChI=1S/C16H12ClFN2/c1-9-7-13-15(20-10(9)2)5-6-19-16(13)12-4-3-11(17)8-14(12)18/h3-8H,1-2H3.